The Hall–Kier alpha value is -1.39. The van der Waals surface area contributed by atoms with Crippen LogP contribution in [0.15, 0.2) is 30.3 Å². The van der Waals surface area contributed by atoms with Gasteiger partial charge in [0.2, 0.25) is 0 Å². The third-order valence-corrected chi connectivity index (χ3v) is 3.50. The molecule has 1 saturated heterocycles. The molecule has 1 aromatic carbocycles. The lowest BCUT2D eigenvalue weighted by Crippen LogP contribution is -2.34. The van der Waals surface area contributed by atoms with Gasteiger partial charge in [-0.3, -0.25) is 9.69 Å². The second-order valence-electron chi connectivity index (χ2n) is 5.19. The lowest BCUT2D eigenvalue weighted by Gasteiger charge is -2.18. The highest BCUT2D eigenvalue weighted by Crippen LogP contribution is 2.03. The molecule has 4 heteroatoms. The first-order chi connectivity index (χ1) is 9.84. The Kier molecular flexibility index (Phi) is 6.54. The molecule has 0 unspecified atom stereocenters. The number of hydrogen-bond donors (Lipinski definition) is 1. The van der Waals surface area contributed by atoms with Gasteiger partial charge in [0.1, 0.15) is 0 Å². The van der Waals surface area contributed by atoms with Crippen molar-refractivity contribution in [3.8, 4) is 0 Å². The normalized spacial score (nSPS) is 16.6. The summed E-state index contributed by atoms with van der Waals surface area (Å²) in [6, 6.07) is 10.3. The molecule has 1 aliphatic heterocycles. The van der Waals surface area contributed by atoms with E-state index < -0.39 is 0 Å². The second kappa shape index (κ2) is 8.72. The number of nitrogens with one attached hydrogen (secondary N) is 1. The van der Waals surface area contributed by atoms with Crippen LogP contribution in [0.5, 0.6) is 0 Å². The molecule has 1 aliphatic rings. The van der Waals surface area contributed by atoms with Gasteiger partial charge in [-0.15, -0.1) is 0 Å². The average Bonchev–Trinajstić information content (AvgIpc) is 2.73. The van der Waals surface area contributed by atoms with Crippen LogP contribution in [0.1, 0.15) is 18.4 Å². The van der Waals surface area contributed by atoms with Crippen LogP contribution in [0.3, 0.4) is 0 Å². The number of carbonyl (C=O) groups is 1. The van der Waals surface area contributed by atoms with E-state index in [-0.39, 0.29) is 5.97 Å². The van der Waals surface area contributed by atoms with Crippen molar-refractivity contribution in [2.24, 2.45) is 0 Å². The van der Waals surface area contributed by atoms with Gasteiger partial charge in [-0.25, -0.2) is 0 Å². The molecule has 110 valence electrons. The van der Waals surface area contributed by atoms with Crippen molar-refractivity contribution in [2.45, 2.75) is 19.3 Å². The molecule has 0 aliphatic carbocycles. The molecule has 4 nitrogen and oxygen atoms in total. The predicted octanol–water partition coefficient (Wildman–Crippen LogP) is 1.46. The topological polar surface area (TPSA) is 41.6 Å². The van der Waals surface area contributed by atoms with Gasteiger partial charge in [0, 0.05) is 13.1 Å². The van der Waals surface area contributed by atoms with E-state index in [1.807, 2.05) is 18.2 Å². The molecule has 1 N–H and O–H groups in total. The minimum atomic E-state index is -0.0973. The van der Waals surface area contributed by atoms with Crippen LogP contribution in [0.25, 0.3) is 0 Å². The van der Waals surface area contributed by atoms with Crippen LogP contribution >= 0.6 is 0 Å². The summed E-state index contributed by atoms with van der Waals surface area (Å²) in [6.45, 7) is 4.85. The molecule has 1 fully saturated rings. The van der Waals surface area contributed by atoms with Crippen LogP contribution in [0.4, 0.5) is 0 Å². The Labute approximate surface area is 121 Å². The Morgan fingerprint density at radius 3 is 2.90 bits per heavy atom. The Bertz CT molecular complexity index is 387. The van der Waals surface area contributed by atoms with E-state index in [4.69, 9.17) is 4.74 Å². The first-order valence-corrected chi connectivity index (χ1v) is 7.47. The molecule has 0 aromatic heterocycles. The van der Waals surface area contributed by atoms with E-state index in [1.54, 1.807) is 0 Å². The molecule has 0 bridgehead atoms. The van der Waals surface area contributed by atoms with Gasteiger partial charge in [-0.2, -0.15) is 0 Å². The lowest BCUT2D eigenvalue weighted by molar-refractivity contribution is -0.145. The Morgan fingerprint density at radius 1 is 1.20 bits per heavy atom. The molecular formula is C16H24N2O2. The van der Waals surface area contributed by atoms with Gasteiger partial charge in [-0.05, 0) is 37.9 Å². The smallest absolute Gasteiger partial charge is 0.320 e. The summed E-state index contributed by atoms with van der Waals surface area (Å²) < 4.78 is 5.31. The zero-order valence-corrected chi connectivity index (χ0v) is 12.0. The molecule has 20 heavy (non-hydrogen) atoms. The van der Waals surface area contributed by atoms with E-state index in [9.17, 15) is 4.79 Å². The molecule has 0 saturated carbocycles. The third kappa shape index (κ3) is 5.72. The fraction of sp³-hybridized carbons (Fsp3) is 0.562. The second-order valence-corrected chi connectivity index (χ2v) is 5.19. The average molecular weight is 276 g/mol. The molecule has 0 spiro atoms. The number of carbonyl (C=O) groups excluding carboxylic acids is 1. The van der Waals surface area contributed by atoms with Crippen molar-refractivity contribution in [1.29, 1.82) is 0 Å². The van der Waals surface area contributed by atoms with Crippen LogP contribution in [0, 0.1) is 0 Å². The van der Waals surface area contributed by atoms with Crippen molar-refractivity contribution in [2.75, 3.05) is 39.3 Å². The van der Waals surface area contributed by atoms with E-state index in [1.165, 1.54) is 5.56 Å². The third-order valence-electron chi connectivity index (χ3n) is 3.50. The van der Waals surface area contributed by atoms with E-state index >= 15 is 0 Å². The molecular weight excluding hydrogens is 252 g/mol. The number of hydrogen-bond acceptors (Lipinski definition) is 4. The Morgan fingerprint density at radius 2 is 2.05 bits per heavy atom. The van der Waals surface area contributed by atoms with Gasteiger partial charge >= 0.3 is 5.97 Å². The van der Waals surface area contributed by atoms with Crippen LogP contribution in [0.2, 0.25) is 0 Å². The minimum absolute atomic E-state index is 0.0973. The molecule has 2 rings (SSSR count). The summed E-state index contributed by atoms with van der Waals surface area (Å²) in [4.78, 5) is 13.9. The van der Waals surface area contributed by atoms with Crippen molar-refractivity contribution in [1.82, 2.24) is 10.2 Å². The van der Waals surface area contributed by atoms with E-state index in [0.29, 0.717) is 13.2 Å². The quantitative estimate of drug-likeness (QED) is 0.631. The van der Waals surface area contributed by atoms with Crippen molar-refractivity contribution < 1.29 is 9.53 Å². The number of esters is 1. The summed E-state index contributed by atoms with van der Waals surface area (Å²) in [5.74, 6) is -0.0973. The first kappa shape index (κ1) is 15.0. The maximum Gasteiger partial charge on any atom is 0.320 e. The zero-order chi connectivity index (χ0) is 14.0. The summed E-state index contributed by atoms with van der Waals surface area (Å²) in [7, 11) is 0. The minimum Gasteiger partial charge on any atom is -0.465 e. The molecule has 0 amide bonds. The summed E-state index contributed by atoms with van der Waals surface area (Å²) in [6.07, 6.45) is 2.94. The molecule has 0 atom stereocenters. The number of rotatable bonds is 6. The standard InChI is InChI=1S/C16H24N2O2/c19-16(14-18-11-5-9-17-10-12-18)20-13-4-8-15-6-2-1-3-7-15/h1-3,6-7,17H,4-5,8-14H2. The predicted molar refractivity (Wildman–Crippen MR) is 79.6 cm³/mol. The fourth-order valence-electron chi connectivity index (χ4n) is 2.39. The number of aryl methyl sites for hydroxylation is 1. The number of ether oxygens (including phenoxy) is 1. The molecule has 1 heterocycles. The molecule has 0 radical (unpaired) electrons. The highest BCUT2D eigenvalue weighted by molar-refractivity contribution is 5.71. The lowest BCUT2D eigenvalue weighted by atomic mass is 10.1. The van der Waals surface area contributed by atoms with Crippen molar-refractivity contribution >= 4 is 5.97 Å². The summed E-state index contributed by atoms with van der Waals surface area (Å²) >= 11 is 0. The Balaban J connectivity index is 1.58. The van der Waals surface area contributed by atoms with Crippen molar-refractivity contribution in [3.63, 3.8) is 0 Å². The van der Waals surface area contributed by atoms with Crippen LogP contribution in [-0.2, 0) is 16.0 Å². The maximum atomic E-state index is 11.8. The largest absolute Gasteiger partial charge is 0.465 e. The monoisotopic (exact) mass is 276 g/mol. The molecule has 1 aromatic rings. The van der Waals surface area contributed by atoms with Crippen LogP contribution < -0.4 is 5.32 Å². The van der Waals surface area contributed by atoms with Gasteiger partial charge in [0.05, 0.1) is 13.2 Å². The van der Waals surface area contributed by atoms with Crippen molar-refractivity contribution in [3.05, 3.63) is 35.9 Å². The fourth-order valence-corrected chi connectivity index (χ4v) is 2.39. The SMILES string of the molecule is O=C(CN1CCCNCC1)OCCCc1ccccc1. The van der Waals surface area contributed by atoms with Gasteiger partial charge in [0.15, 0.2) is 0 Å². The number of nitrogens with zero attached hydrogens (tertiary/aromatic N) is 1. The first-order valence-electron chi connectivity index (χ1n) is 7.47. The van der Waals surface area contributed by atoms with Crippen LogP contribution in [-0.4, -0.2) is 50.2 Å². The maximum absolute atomic E-state index is 11.8. The van der Waals surface area contributed by atoms with E-state index in [0.717, 1.165) is 45.4 Å². The van der Waals surface area contributed by atoms with Gasteiger partial charge in [0.25, 0.3) is 0 Å². The summed E-state index contributed by atoms with van der Waals surface area (Å²) in [5.41, 5.74) is 1.29. The van der Waals surface area contributed by atoms with Gasteiger partial charge in [-0.1, -0.05) is 30.3 Å². The zero-order valence-electron chi connectivity index (χ0n) is 12.0. The highest BCUT2D eigenvalue weighted by Gasteiger charge is 2.13. The number of benzene rings is 1. The summed E-state index contributed by atoms with van der Waals surface area (Å²) in [5, 5.41) is 3.33. The van der Waals surface area contributed by atoms with E-state index in [2.05, 4.69) is 22.3 Å². The van der Waals surface area contributed by atoms with Gasteiger partial charge < -0.3 is 10.1 Å². The highest BCUT2D eigenvalue weighted by atomic mass is 16.5.